The number of hydrogen-bond acceptors (Lipinski definition) is 5. The zero-order valence-electron chi connectivity index (χ0n) is 15.4. The van der Waals surface area contributed by atoms with Crippen LogP contribution in [0, 0.1) is 3.57 Å². The summed E-state index contributed by atoms with van der Waals surface area (Å²) in [4.78, 5) is 16.7. The van der Waals surface area contributed by atoms with Crippen LogP contribution in [0.25, 0.3) is 6.08 Å². The van der Waals surface area contributed by atoms with Crippen molar-refractivity contribution in [2.45, 2.75) is 0 Å². The predicted octanol–water partition coefficient (Wildman–Crippen LogP) is 5.42. The van der Waals surface area contributed by atoms with E-state index in [-0.39, 0.29) is 11.6 Å². The number of rotatable bonds is 8. The summed E-state index contributed by atoms with van der Waals surface area (Å²) in [6.45, 7) is 7.96. The van der Waals surface area contributed by atoms with E-state index in [4.69, 9.17) is 25.8 Å². The first kappa shape index (κ1) is 21.1. The SMILES string of the molecule is C=CCOc1ccc(/C=C2\N=C(c3cc(I)ccc3Cl)OC2=O)c(OCC=C)c1. The molecule has 0 amide bonds. The quantitative estimate of drug-likeness (QED) is 0.202. The molecule has 0 saturated carbocycles. The summed E-state index contributed by atoms with van der Waals surface area (Å²) in [5, 5.41) is 0.456. The van der Waals surface area contributed by atoms with Crippen LogP contribution in [0.15, 0.2) is 72.4 Å². The standard InChI is InChI=1S/C22H17ClINO4/c1-3-9-27-16-7-5-14(20(13-16)28-10-4-2)11-19-22(26)29-21(25-19)17-12-15(24)6-8-18(17)23/h3-8,11-13H,1-2,9-10H2/b19-11-. The molecule has 0 fully saturated rings. The van der Waals surface area contributed by atoms with Crippen molar-refractivity contribution < 1.29 is 19.0 Å². The molecular weight excluding hydrogens is 505 g/mol. The fourth-order valence-electron chi connectivity index (χ4n) is 2.49. The number of halogens is 2. The fraction of sp³-hybridized carbons (Fsp3) is 0.0909. The lowest BCUT2D eigenvalue weighted by Gasteiger charge is -2.10. The molecule has 1 aliphatic rings. The van der Waals surface area contributed by atoms with Gasteiger partial charge >= 0.3 is 5.97 Å². The zero-order chi connectivity index (χ0) is 20.8. The minimum absolute atomic E-state index is 0.151. The first-order valence-corrected chi connectivity index (χ1v) is 10.1. The van der Waals surface area contributed by atoms with Gasteiger partial charge in [-0.05, 0) is 59.0 Å². The Morgan fingerprint density at radius 2 is 1.86 bits per heavy atom. The molecule has 0 N–H and O–H groups in total. The molecule has 0 radical (unpaired) electrons. The summed E-state index contributed by atoms with van der Waals surface area (Å²) in [7, 11) is 0. The average Bonchev–Trinajstić information content (AvgIpc) is 3.08. The van der Waals surface area contributed by atoms with E-state index in [2.05, 4.69) is 40.7 Å². The molecule has 5 nitrogen and oxygen atoms in total. The first-order chi connectivity index (χ1) is 14.0. The second-order valence-corrected chi connectivity index (χ2v) is 7.51. The number of benzene rings is 2. The molecule has 0 aromatic heterocycles. The second kappa shape index (κ2) is 9.76. The van der Waals surface area contributed by atoms with E-state index in [1.54, 1.807) is 42.5 Å². The lowest BCUT2D eigenvalue weighted by atomic mass is 10.1. The highest BCUT2D eigenvalue weighted by Gasteiger charge is 2.26. The van der Waals surface area contributed by atoms with Crippen LogP contribution < -0.4 is 9.47 Å². The van der Waals surface area contributed by atoms with Crippen molar-refractivity contribution in [1.29, 1.82) is 0 Å². The van der Waals surface area contributed by atoms with Gasteiger partial charge in [0, 0.05) is 15.2 Å². The van der Waals surface area contributed by atoms with E-state index < -0.39 is 5.97 Å². The third-order valence-electron chi connectivity index (χ3n) is 3.78. The van der Waals surface area contributed by atoms with Gasteiger partial charge in [-0.2, -0.15) is 0 Å². The Morgan fingerprint density at radius 3 is 2.62 bits per heavy atom. The summed E-state index contributed by atoms with van der Waals surface area (Å²) >= 11 is 8.38. The molecule has 148 valence electrons. The number of carbonyl (C=O) groups is 1. The summed E-state index contributed by atoms with van der Waals surface area (Å²) < 4.78 is 17.5. The number of cyclic esters (lactones) is 1. The Labute approximate surface area is 187 Å². The van der Waals surface area contributed by atoms with Crippen molar-refractivity contribution in [1.82, 2.24) is 0 Å². The first-order valence-electron chi connectivity index (χ1n) is 8.61. The smallest absolute Gasteiger partial charge is 0.363 e. The molecule has 2 aromatic carbocycles. The summed E-state index contributed by atoms with van der Waals surface area (Å²) in [6.07, 6.45) is 4.89. The van der Waals surface area contributed by atoms with Gasteiger partial charge < -0.3 is 14.2 Å². The van der Waals surface area contributed by atoms with Crippen molar-refractivity contribution in [3.63, 3.8) is 0 Å². The van der Waals surface area contributed by atoms with Gasteiger partial charge in [0.2, 0.25) is 5.90 Å². The Bertz CT molecular complexity index is 1030. The molecule has 0 bridgehead atoms. The van der Waals surface area contributed by atoms with E-state index in [1.807, 2.05) is 12.1 Å². The minimum Gasteiger partial charge on any atom is -0.489 e. The molecule has 7 heteroatoms. The average molecular weight is 522 g/mol. The number of aliphatic imine (C=N–C) groups is 1. The van der Waals surface area contributed by atoms with Crippen molar-refractivity contribution in [3.05, 3.63) is 87.1 Å². The number of hydrogen-bond donors (Lipinski definition) is 0. The maximum Gasteiger partial charge on any atom is 0.363 e. The lowest BCUT2D eigenvalue weighted by molar-refractivity contribution is -0.129. The van der Waals surface area contributed by atoms with Crippen LogP contribution in [0.5, 0.6) is 11.5 Å². The molecule has 0 atom stereocenters. The highest BCUT2D eigenvalue weighted by molar-refractivity contribution is 14.1. The highest BCUT2D eigenvalue weighted by atomic mass is 127. The van der Waals surface area contributed by atoms with Crippen molar-refractivity contribution in [2.75, 3.05) is 13.2 Å². The molecule has 2 aromatic rings. The number of esters is 1. The second-order valence-electron chi connectivity index (χ2n) is 5.86. The van der Waals surface area contributed by atoms with E-state index in [0.29, 0.717) is 40.9 Å². The Morgan fingerprint density at radius 1 is 1.10 bits per heavy atom. The molecule has 0 saturated heterocycles. The summed E-state index contributed by atoms with van der Waals surface area (Å²) in [5.74, 6) is 0.762. The molecule has 0 spiro atoms. The third-order valence-corrected chi connectivity index (χ3v) is 4.78. The predicted molar refractivity (Wildman–Crippen MR) is 123 cm³/mol. The Hall–Kier alpha value is -2.58. The van der Waals surface area contributed by atoms with Crippen LogP contribution in [0.1, 0.15) is 11.1 Å². The Kier molecular flexibility index (Phi) is 7.11. The zero-order valence-corrected chi connectivity index (χ0v) is 18.3. The van der Waals surface area contributed by atoms with Gasteiger partial charge in [-0.25, -0.2) is 9.79 Å². The van der Waals surface area contributed by atoms with Crippen LogP contribution in [0.2, 0.25) is 5.02 Å². The van der Waals surface area contributed by atoms with Crippen molar-refractivity contribution in [3.8, 4) is 11.5 Å². The summed E-state index contributed by atoms with van der Waals surface area (Å²) in [5.41, 5.74) is 1.37. The van der Waals surface area contributed by atoms with Gasteiger partial charge in [-0.1, -0.05) is 36.9 Å². The normalized spacial score (nSPS) is 14.3. The molecule has 1 aliphatic heterocycles. The van der Waals surface area contributed by atoms with Gasteiger partial charge in [-0.15, -0.1) is 0 Å². The van der Waals surface area contributed by atoms with Crippen LogP contribution >= 0.6 is 34.2 Å². The van der Waals surface area contributed by atoms with Crippen LogP contribution in [0.4, 0.5) is 0 Å². The van der Waals surface area contributed by atoms with Gasteiger partial charge in [-0.3, -0.25) is 0 Å². The molecule has 0 aliphatic carbocycles. The van der Waals surface area contributed by atoms with Gasteiger partial charge in [0.25, 0.3) is 0 Å². The van der Waals surface area contributed by atoms with E-state index in [1.165, 1.54) is 0 Å². The Balaban J connectivity index is 1.96. The highest BCUT2D eigenvalue weighted by Crippen LogP contribution is 2.30. The molecule has 1 heterocycles. The van der Waals surface area contributed by atoms with E-state index >= 15 is 0 Å². The number of ether oxygens (including phenoxy) is 3. The monoisotopic (exact) mass is 521 g/mol. The largest absolute Gasteiger partial charge is 0.489 e. The number of carbonyl (C=O) groups excluding carboxylic acids is 1. The molecule has 3 rings (SSSR count). The van der Waals surface area contributed by atoms with Crippen LogP contribution in [-0.2, 0) is 9.53 Å². The lowest BCUT2D eigenvalue weighted by Crippen LogP contribution is -2.06. The van der Waals surface area contributed by atoms with Crippen molar-refractivity contribution in [2.24, 2.45) is 4.99 Å². The minimum atomic E-state index is -0.559. The van der Waals surface area contributed by atoms with Crippen molar-refractivity contribution >= 4 is 52.1 Å². The fourth-order valence-corrected chi connectivity index (χ4v) is 3.18. The van der Waals surface area contributed by atoms with E-state index in [0.717, 1.165) is 3.57 Å². The molecule has 29 heavy (non-hydrogen) atoms. The summed E-state index contributed by atoms with van der Waals surface area (Å²) in [6, 6.07) is 10.7. The number of nitrogens with zero attached hydrogens (tertiary/aromatic N) is 1. The van der Waals surface area contributed by atoms with Gasteiger partial charge in [0.05, 0.1) is 10.6 Å². The third kappa shape index (κ3) is 5.27. The van der Waals surface area contributed by atoms with Gasteiger partial charge in [0.1, 0.15) is 24.7 Å². The maximum atomic E-state index is 12.3. The molecule has 0 unspecified atom stereocenters. The molecular formula is C22H17ClINO4. The van der Waals surface area contributed by atoms with Crippen LogP contribution in [-0.4, -0.2) is 25.1 Å². The van der Waals surface area contributed by atoms with Crippen LogP contribution in [0.3, 0.4) is 0 Å². The van der Waals surface area contributed by atoms with Gasteiger partial charge in [0.15, 0.2) is 5.70 Å². The maximum absolute atomic E-state index is 12.3. The topological polar surface area (TPSA) is 57.1 Å². The van der Waals surface area contributed by atoms with E-state index in [9.17, 15) is 4.79 Å².